The maximum atomic E-state index is 13.3. The van der Waals surface area contributed by atoms with Gasteiger partial charge in [-0.05, 0) is 44.9 Å². The van der Waals surface area contributed by atoms with Gasteiger partial charge in [-0.1, -0.05) is 210 Å². The molecule has 64 heavy (non-hydrogen) atoms. The number of allylic oxidation sites excluding steroid dienone is 9. The Morgan fingerprint density at radius 2 is 1.12 bits per heavy atom. The molecule has 6 N–H and O–H groups in total. The number of esters is 1. The fourth-order valence-electron chi connectivity index (χ4n) is 7.66. The largest absolute Gasteiger partial charge is 0.454 e. The number of rotatable bonds is 41. The average Bonchev–Trinajstić information content (AvgIpc) is 3.29. The Morgan fingerprint density at radius 3 is 1.69 bits per heavy atom. The van der Waals surface area contributed by atoms with Crippen LogP contribution in [0.1, 0.15) is 201 Å². The number of hydrogen-bond acceptors (Lipinski definition) is 10. The van der Waals surface area contributed by atoms with Crippen LogP contribution >= 0.6 is 0 Å². The van der Waals surface area contributed by atoms with E-state index in [1.807, 2.05) is 42.5 Å². The SMILES string of the molecule is CC/C=C/C=C/C=C\C=C/CCCCCC(=O)OC1C(OCC(NC(=O)C(O)CCCCCCCCCCCC)C(O)/C=C/CCCCCCCCCCCC)OC(CO)C(O)C1O. The van der Waals surface area contributed by atoms with Gasteiger partial charge in [0.05, 0.1) is 25.4 Å². The second-order valence-corrected chi connectivity index (χ2v) is 17.6. The molecule has 0 saturated carbocycles. The summed E-state index contributed by atoms with van der Waals surface area (Å²) >= 11 is 0. The van der Waals surface area contributed by atoms with Gasteiger partial charge in [0.15, 0.2) is 12.4 Å². The normalized spacial score (nSPS) is 20.9. The smallest absolute Gasteiger partial charge is 0.306 e. The summed E-state index contributed by atoms with van der Waals surface area (Å²) in [6, 6.07) is -1.03. The molecule has 1 fully saturated rings. The van der Waals surface area contributed by atoms with Gasteiger partial charge in [-0.3, -0.25) is 9.59 Å². The highest BCUT2D eigenvalue weighted by Crippen LogP contribution is 2.26. The van der Waals surface area contributed by atoms with Crippen LogP contribution in [0, 0.1) is 0 Å². The minimum Gasteiger partial charge on any atom is -0.454 e. The minimum atomic E-state index is -1.63. The zero-order chi connectivity index (χ0) is 46.9. The van der Waals surface area contributed by atoms with Crippen molar-refractivity contribution in [3.05, 3.63) is 60.8 Å². The van der Waals surface area contributed by atoms with E-state index in [2.05, 4.69) is 38.2 Å². The van der Waals surface area contributed by atoms with E-state index >= 15 is 0 Å². The van der Waals surface area contributed by atoms with Crippen molar-refractivity contribution in [3.63, 3.8) is 0 Å². The molecule has 1 aliphatic rings. The van der Waals surface area contributed by atoms with Crippen molar-refractivity contribution in [2.24, 2.45) is 0 Å². The summed E-state index contributed by atoms with van der Waals surface area (Å²) in [7, 11) is 0. The van der Waals surface area contributed by atoms with Gasteiger partial charge < -0.3 is 45.1 Å². The van der Waals surface area contributed by atoms with Gasteiger partial charge in [-0.2, -0.15) is 0 Å². The summed E-state index contributed by atoms with van der Waals surface area (Å²) in [5.74, 6) is -1.24. The third-order valence-electron chi connectivity index (χ3n) is 11.8. The van der Waals surface area contributed by atoms with Crippen LogP contribution in [-0.2, 0) is 23.8 Å². The first-order valence-corrected chi connectivity index (χ1v) is 25.6. The number of aliphatic hydroxyl groups excluding tert-OH is 5. The van der Waals surface area contributed by atoms with Crippen LogP contribution in [0.4, 0.5) is 0 Å². The number of hydrogen-bond donors (Lipinski definition) is 6. The molecule has 0 spiro atoms. The van der Waals surface area contributed by atoms with Gasteiger partial charge in [-0.15, -0.1) is 0 Å². The van der Waals surface area contributed by atoms with Crippen LogP contribution in [0.5, 0.6) is 0 Å². The predicted molar refractivity (Wildman–Crippen MR) is 260 cm³/mol. The number of unbranched alkanes of at least 4 members (excludes halogenated alkanes) is 22. The lowest BCUT2D eigenvalue weighted by Gasteiger charge is -2.41. The minimum absolute atomic E-state index is 0.0767. The molecule has 11 nitrogen and oxygen atoms in total. The van der Waals surface area contributed by atoms with E-state index in [1.54, 1.807) is 6.08 Å². The van der Waals surface area contributed by atoms with E-state index < -0.39 is 67.4 Å². The van der Waals surface area contributed by atoms with Crippen molar-refractivity contribution >= 4 is 11.9 Å². The molecule has 0 aromatic rings. The van der Waals surface area contributed by atoms with Crippen molar-refractivity contribution in [3.8, 4) is 0 Å². The Bertz CT molecular complexity index is 1270. The number of nitrogens with one attached hydrogen (secondary N) is 1. The Hall–Kier alpha value is -2.64. The standard InChI is InChI=1S/C53H93NO10/c1-4-7-10-13-16-19-22-24-26-29-32-35-38-41-48(58)64-51-50(60)49(59)47(42-55)63-53(51)62-43-44(45(56)39-36-33-30-28-25-23-20-17-14-11-8-5-2)54-52(61)46(57)40-37-34-31-27-21-18-15-12-9-6-3/h7,10,13,16,19,22,24,26,36,39,44-47,49-51,53,55-57,59-60H,4-6,8-9,11-12,14-15,17-18,20-21,23,25,27-35,37-38,40-43H2,1-3H3,(H,54,61)/b10-7+,16-13+,22-19-,26-24-,39-36+. The number of ether oxygens (including phenoxy) is 3. The first-order valence-electron chi connectivity index (χ1n) is 25.6. The summed E-state index contributed by atoms with van der Waals surface area (Å²) < 4.78 is 17.4. The monoisotopic (exact) mass is 904 g/mol. The van der Waals surface area contributed by atoms with Crippen molar-refractivity contribution < 1.29 is 49.3 Å². The molecular formula is C53H93NO10. The third-order valence-corrected chi connectivity index (χ3v) is 11.8. The molecule has 1 amide bonds. The maximum absolute atomic E-state index is 13.3. The maximum Gasteiger partial charge on any atom is 0.306 e. The zero-order valence-corrected chi connectivity index (χ0v) is 40.4. The first kappa shape index (κ1) is 59.4. The quantitative estimate of drug-likeness (QED) is 0.0150. The van der Waals surface area contributed by atoms with Crippen LogP contribution in [0.25, 0.3) is 0 Å². The fourth-order valence-corrected chi connectivity index (χ4v) is 7.66. The number of aliphatic hydroxyl groups is 5. The van der Waals surface area contributed by atoms with E-state index in [0.29, 0.717) is 12.8 Å². The van der Waals surface area contributed by atoms with Crippen LogP contribution in [0.2, 0.25) is 0 Å². The van der Waals surface area contributed by atoms with Crippen molar-refractivity contribution in [1.29, 1.82) is 0 Å². The molecule has 8 unspecified atom stereocenters. The lowest BCUT2D eigenvalue weighted by atomic mass is 9.99. The molecule has 0 aliphatic carbocycles. The lowest BCUT2D eigenvalue weighted by Crippen LogP contribution is -2.61. The first-order chi connectivity index (χ1) is 31.2. The molecular weight excluding hydrogens is 811 g/mol. The third kappa shape index (κ3) is 30.5. The highest BCUT2D eigenvalue weighted by atomic mass is 16.7. The molecule has 1 heterocycles. The van der Waals surface area contributed by atoms with E-state index in [-0.39, 0.29) is 19.4 Å². The van der Waals surface area contributed by atoms with Crippen molar-refractivity contribution in [1.82, 2.24) is 5.32 Å². The van der Waals surface area contributed by atoms with E-state index in [9.17, 15) is 35.1 Å². The topological polar surface area (TPSA) is 175 Å². The zero-order valence-electron chi connectivity index (χ0n) is 40.4. The van der Waals surface area contributed by atoms with Gasteiger partial charge in [0, 0.05) is 6.42 Å². The second-order valence-electron chi connectivity index (χ2n) is 17.6. The van der Waals surface area contributed by atoms with Crippen LogP contribution < -0.4 is 5.32 Å². The van der Waals surface area contributed by atoms with Crippen LogP contribution in [0.3, 0.4) is 0 Å². The predicted octanol–water partition coefficient (Wildman–Crippen LogP) is 10.3. The van der Waals surface area contributed by atoms with Gasteiger partial charge in [0.1, 0.15) is 24.4 Å². The highest BCUT2D eigenvalue weighted by molar-refractivity contribution is 5.80. The molecule has 0 radical (unpaired) electrons. The summed E-state index contributed by atoms with van der Waals surface area (Å²) in [6.07, 6.45) is 38.5. The van der Waals surface area contributed by atoms with Gasteiger partial charge in [-0.25, -0.2) is 0 Å². The molecule has 0 bridgehead atoms. The fraction of sp³-hybridized carbons (Fsp3) is 0.774. The summed E-state index contributed by atoms with van der Waals surface area (Å²) in [5, 5.41) is 56.5. The van der Waals surface area contributed by atoms with Crippen molar-refractivity contribution in [2.45, 2.75) is 250 Å². The lowest BCUT2D eigenvalue weighted by molar-refractivity contribution is -0.305. The average molecular weight is 904 g/mol. The summed E-state index contributed by atoms with van der Waals surface area (Å²) in [4.78, 5) is 26.3. The molecule has 1 saturated heterocycles. The van der Waals surface area contributed by atoms with E-state index in [1.165, 1.54) is 89.9 Å². The molecule has 11 heteroatoms. The molecule has 0 aromatic heterocycles. The summed E-state index contributed by atoms with van der Waals surface area (Å²) in [5.41, 5.74) is 0. The van der Waals surface area contributed by atoms with Gasteiger partial charge in [0.25, 0.3) is 0 Å². The number of carbonyl (C=O) groups is 2. The molecule has 370 valence electrons. The highest BCUT2D eigenvalue weighted by Gasteiger charge is 2.47. The molecule has 8 atom stereocenters. The number of carbonyl (C=O) groups excluding carboxylic acids is 2. The number of amides is 1. The molecule has 1 rings (SSSR count). The van der Waals surface area contributed by atoms with E-state index in [0.717, 1.165) is 64.2 Å². The van der Waals surface area contributed by atoms with Gasteiger partial charge >= 0.3 is 5.97 Å². The van der Waals surface area contributed by atoms with Crippen LogP contribution in [0.15, 0.2) is 60.8 Å². The Balaban J connectivity index is 2.82. The van der Waals surface area contributed by atoms with Crippen LogP contribution in [-0.4, -0.2) is 99.6 Å². The van der Waals surface area contributed by atoms with Gasteiger partial charge in [0.2, 0.25) is 5.91 Å². The van der Waals surface area contributed by atoms with Crippen molar-refractivity contribution in [2.75, 3.05) is 13.2 Å². The second kappa shape index (κ2) is 41.8. The summed E-state index contributed by atoms with van der Waals surface area (Å²) in [6.45, 7) is 5.57. The Kier molecular flexibility index (Phi) is 38.7. The molecule has 1 aliphatic heterocycles. The van der Waals surface area contributed by atoms with E-state index in [4.69, 9.17) is 14.2 Å². The Morgan fingerprint density at radius 1 is 0.625 bits per heavy atom. The Labute approximate surface area is 388 Å². The molecule has 0 aromatic carbocycles.